The number of carboxylic acid groups (broad SMARTS) is 1. The third-order valence-corrected chi connectivity index (χ3v) is 2.81. The van der Waals surface area contributed by atoms with Crippen molar-refractivity contribution in [3.8, 4) is 0 Å². The van der Waals surface area contributed by atoms with Crippen LogP contribution in [0.4, 0.5) is 0 Å². The van der Waals surface area contributed by atoms with Crippen molar-refractivity contribution in [1.29, 1.82) is 0 Å². The third-order valence-electron chi connectivity index (χ3n) is 1.93. The largest absolute Gasteiger partial charge is 0.480 e. The van der Waals surface area contributed by atoms with Crippen LogP contribution in [0.1, 0.15) is 4.88 Å². The molecule has 0 radical (unpaired) electrons. The molecule has 0 fully saturated rings. The lowest BCUT2D eigenvalue weighted by Gasteiger charge is -2.18. The molecule has 5 heteroatoms. The van der Waals surface area contributed by atoms with Gasteiger partial charge in [-0.2, -0.15) is 0 Å². The van der Waals surface area contributed by atoms with E-state index in [4.69, 9.17) is 5.11 Å². The number of carbonyl (C=O) groups is 2. The Morgan fingerprint density at radius 1 is 1.56 bits per heavy atom. The molecule has 0 spiro atoms. The summed E-state index contributed by atoms with van der Waals surface area (Å²) in [7, 11) is 0. The average molecular weight is 239 g/mol. The molecule has 1 N–H and O–H groups in total. The molecule has 0 aliphatic carbocycles. The van der Waals surface area contributed by atoms with Crippen molar-refractivity contribution in [2.24, 2.45) is 0 Å². The van der Waals surface area contributed by atoms with E-state index in [9.17, 15) is 9.59 Å². The molecule has 0 bridgehead atoms. The monoisotopic (exact) mass is 239 g/mol. The summed E-state index contributed by atoms with van der Waals surface area (Å²) in [6, 6.07) is 3.72. The van der Waals surface area contributed by atoms with E-state index in [1.165, 1.54) is 22.3 Å². The molecule has 0 saturated heterocycles. The van der Waals surface area contributed by atoms with Crippen LogP contribution in [0.5, 0.6) is 0 Å². The minimum atomic E-state index is -1.01. The highest BCUT2D eigenvalue weighted by Gasteiger charge is 2.15. The number of carbonyl (C=O) groups excluding carboxylic acids is 1. The second-order valence-electron chi connectivity index (χ2n) is 3.21. The molecule has 4 nitrogen and oxygen atoms in total. The molecule has 16 heavy (non-hydrogen) atoms. The van der Waals surface area contributed by atoms with Crippen molar-refractivity contribution < 1.29 is 14.7 Å². The topological polar surface area (TPSA) is 57.6 Å². The van der Waals surface area contributed by atoms with Crippen molar-refractivity contribution in [3.05, 3.63) is 35.0 Å². The van der Waals surface area contributed by atoms with Gasteiger partial charge in [0.2, 0.25) is 5.91 Å². The normalized spacial score (nSPS) is 9.75. The Labute approximate surface area is 97.8 Å². The first-order chi connectivity index (χ1) is 7.63. The average Bonchev–Trinajstić information content (AvgIpc) is 2.69. The molecular formula is C11H13NO3S. The van der Waals surface area contributed by atoms with Crippen LogP contribution in [0.2, 0.25) is 0 Å². The molecule has 0 aliphatic rings. The number of thiophene rings is 1. The number of aliphatic carboxylic acids is 1. The summed E-state index contributed by atoms with van der Waals surface area (Å²) in [6.45, 7) is 3.48. The van der Waals surface area contributed by atoms with E-state index in [0.717, 1.165) is 4.88 Å². The lowest BCUT2D eigenvalue weighted by molar-refractivity contribution is -0.143. The fourth-order valence-electron chi connectivity index (χ4n) is 1.25. The van der Waals surface area contributed by atoms with Gasteiger partial charge in [0, 0.05) is 11.4 Å². The standard InChI is InChI=1S/C11H13NO3S/c1-2-5-12(8-11(14)15)10(13)7-9-4-3-6-16-9/h2-4,6H,1,5,7-8H2,(H,14,15). The fraction of sp³-hybridized carbons (Fsp3) is 0.273. The zero-order chi connectivity index (χ0) is 12.0. The van der Waals surface area contributed by atoms with Crippen LogP contribution in [0, 0.1) is 0 Å². The van der Waals surface area contributed by atoms with Gasteiger partial charge in [0.15, 0.2) is 0 Å². The first-order valence-electron chi connectivity index (χ1n) is 4.76. The van der Waals surface area contributed by atoms with E-state index in [-0.39, 0.29) is 25.4 Å². The van der Waals surface area contributed by atoms with E-state index in [1.807, 2.05) is 17.5 Å². The maximum absolute atomic E-state index is 11.8. The maximum Gasteiger partial charge on any atom is 0.323 e. The smallest absolute Gasteiger partial charge is 0.323 e. The Bertz CT molecular complexity index is 373. The molecule has 0 atom stereocenters. The highest BCUT2D eigenvalue weighted by molar-refractivity contribution is 7.10. The number of hydrogen-bond acceptors (Lipinski definition) is 3. The number of carboxylic acids is 1. The van der Waals surface area contributed by atoms with Gasteiger partial charge < -0.3 is 10.0 Å². The molecule has 0 aromatic carbocycles. The summed E-state index contributed by atoms with van der Waals surface area (Å²) in [6.07, 6.45) is 1.77. The Hall–Kier alpha value is -1.62. The Morgan fingerprint density at radius 3 is 2.81 bits per heavy atom. The number of hydrogen-bond donors (Lipinski definition) is 1. The Balaban J connectivity index is 2.59. The van der Waals surface area contributed by atoms with Crippen LogP contribution in [0.15, 0.2) is 30.2 Å². The number of amides is 1. The van der Waals surface area contributed by atoms with E-state index >= 15 is 0 Å². The molecule has 1 aromatic heterocycles. The van der Waals surface area contributed by atoms with E-state index in [0.29, 0.717) is 0 Å². The van der Waals surface area contributed by atoms with Crippen molar-refractivity contribution in [2.75, 3.05) is 13.1 Å². The van der Waals surface area contributed by atoms with Crippen LogP contribution in [0.3, 0.4) is 0 Å². The van der Waals surface area contributed by atoms with Gasteiger partial charge in [0.1, 0.15) is 6.54 Å². The highest BCUT2D eigenvalue weighted by atomic mass is 32.1. The quantitative estimate of drug-likeness (QED) is 0.763. The van der Waals surface area contributed by atoms with Gasteiger partial charge in [-0.15, -0.1) is 17.9 Å². The first-order valence-corrected chi connectivity index (χ1v) is 5.64. The molecule has 1 rings (SSSR count). The summed E-state index contributed by atoms with van der Waals surface area (Å²) in [5.41, 5.74) is 0. The molecular weight excluding hydrogens is 226 g/mol. The third kappa shape index (κ3) is 3.86. The summed E-state index contributed by atoms with van der Waals surface area (Å²) in [5, 5.41) is 10.5. The summed E-state index contributed by atoms with van der Waals surface area (Å²) >= 11 is 1.48. The van der Waals surface area contributed by atoms with Crippen LogP contribution in [-0.4, -0.2) is 35.0 Å². The van der Waals surface area contributed by atoms with Gasteiger partial charge in [-0.3, -0.25) is 9.59 Å². The summed E-state index contributed by atoms with van der Waals surface area (Å²) in [4.78, 5) is 24.5. The minimum absolute atomic E-state index is 0.190. The van der Waals surface area contributed by atoms with Crippen LogP contribution in [-0.2, 0) is 16.0 Å². The van der Waals surface area contributed by atoms with Crippen LogP contribution < -0.4 is 0 Å². The maximum atomic E-state index is 11.8. The van der Waals surface area contributed by atoms with E-state index in [1.54, 1.807) is 0 Å². The van der Waals surface area contributed by atoms with Gasteiger partial charge >= 0.3 is 5.97 Å². The van der Waals surface area contributed by atoms with Crippen molar-refractivity contribution >= 4 is 23.2 Å². The van der Waals surface area contributed by atoms with Crippen LogP contribution >= 0.6 is 11.3 Å². The number of rotatable bonds is 6. The molecule has 1 aromatic rings. The minimum Gasteiger partial charge on any atom is -0.480 e. The van der Waals surface area contributed by atoms with Gasteiger partial charge in [0.25, 0.3) is 0 Å². The molecule has 1 heterocycles. The molecule has 0 saturated carbocycles. The fourth-order valence-corrected chi connectivity index (χ4v) is 1.94. The van der Waals surface area contributed by atoms with Crippen molar-refractivity contribution in [2.45, 2.75) is 6.42 Å². The molecule has 0 unspecified atom stereocenters. The zero-order valence-electron chi connectivity index (χ0n) is 8.76. The summed E-state index contributed by atoms with van der Waals surface area (Å²) < 4.78 is 0. The van der Waals surface area contributed by atoms with Crippen LogP contribution in [0.25, 0.3) is 0 Å². The van der Waals surface area contributed by atoms with Crippen molar-refractivity contribution in [1.82, 2.24) is 4.90 Å². The highest BCUT2D eigenvalue weighted by Crippen LogP contribution is 2.10. The van der Waals surface area contributed by atoms with E-state index in [2.05, 4.69) is 6.58 Å². The summed E-state index contributed by atoms with van der Waals surface area (Å²) in [5.74, 6) is -1.20. The zero-order valence-corrected chi connectivity index (χ0v) is 9.57. The van der Waals surface area contributed by atoms with Gasteiger partial charge in [0.05, 0.1) is 6.42 Å². The first kappa shape index (κ1) is 12.4. The predicted octanol–water partition coefficient (Wildman–Crippen LogP) is 1.39. The van der Waals surface area contributed by atoms with Gasteiger partial charge in [-0.05, 0) is 11.4 Å². The van der Waals surface area contributed by atoms with Crippen molar-refractivity contribution in [3.63, 3.8) is 0 Å². The second-order valence-corrected chi connectivity index (χ2v) is 4.25. The van der Waals surface area contributed by atoms with Gasteiger partial charge in [-0.1, -0.05) is 12.1 Å². The second kappa shape index (κ2) is 6.07. The SMILES string of the molecule is C=CCN(CC(=O)O)C(=O)Cc1cccs1. The molecule has 86 valence electrons. The Kier molecular flexibility index (Phi) is 4.72. The lowest BCUT2D eigenvalue weighted by Crippen LogP contribution is -2.36. The lowest BCUT2D eigenvalue weighted by atomic mass is 10.3. The Morgan fingerprint density at radius 2 is 2.31 bits per heavy atom. The van der Waals surface area contributed by atoms with E-state index < -0.39 is 5.97 Å². The van der Waals surface area contributed by atoms with Gasteiger partial charge in [-0.25, -0.2) is 0 Å². The molecule has 1 amide bonds. The molecule has 0 aliphatic heterocycles. The predicted molar refractivity (Wildman–Crippen MR) is 62.4 cm³/mol. The number of nitrogens with zero attached hydrogens (tertiary/aromatic N) is 1.